The Hall–Kier alpha value is -0.160. The van der Waals surface area contributed by atoms with Crippen molar-refractivity contribution in [2.45, 2.75) is 51.7 Å². The summed E-state index contributed by atoms with van der Waals surface area (Å²) in [5.74, 6) is 0.733. The number of nitrogens with one attached hydrogen (secondary N) is 1. The van der Waals surface area contributed by atoms with Crippen molar-refractivity contribution in [1.29, 1.82) is 0 Å². The molecule has 1 saturated heterocycles. The first-order valence-electron chi connectivity index (χ1n) is 8.09. The molecule has 1 aliphatic heterocycles. The van der Waals surface area contributed by atoms with Crippen molar-refractivity contribution in [3.8, 4) is 0 Å². The Kier molecular flexibility index (Phi) is 6.27. The molecule has 20 heavy (non-hydrogen) atoms. The summed E-state index contributed by atoms with van der Waals surface area (Å²) in [6, 6.07) is 0.627. The van der Waals surface area contributed by atoms with E-state index in [4.69, 9.17) is 14.2 Å². The Morgan fingerprint density at radius 1 is 1.20 bits per heavy atom. The van der Waals surface area contributed by atoms with Gasteiger partial charge in [-0.15, -0.1) is 0 Å². The summed E-state index contributed by atoms with van der Waals surface area (Å²) in [4.78, 5) is 0. The molecular formula is C16H31NO3. The van der Waals surface area contributed by atoms with Crippen molar-refractivity contribution < 1.29 is 14.2 Å². The summed E-state index contributed by atoms with van der Waals surface area (Å²) in [5, 5.41) is 3.75. The van der Waals surface area contributed by atoms with Crippen molar-refractivity contribution >= 4 is 0 Å². The van der Waals surface area contributed by atoms with E-state index in [1.807, 2.05) is 0 Å². The van der Waals surface area contributed by atoms with E-state index in [9.17, 15) is 0 Å². The predicted octanol–water partition coefficient (Wildman–Crippen LogP) is 2.22. The highest BCUT2D eigenvalue weighted by molar-refractivity contribution is 5.10. The van der Waals surface area contributed by atoms with Crippen molar-refractivity contribution in [1.82, 2.24) is 5.32 Å². The van der Waals surface area contributed by atoms with Gasteiger partial charge >= 0.3 is 0 Å². The van der Waals surface area contributed by atoms with E-state index < -0.39 is 0 Å². The average Bonchev–Trinajstić information content (AvgIpc) is 2.45. The third-order valence-electron chi connectivity index (χ3n) is 4.84. The highest BCUT2D eigenvalue weighted by atomic mass is 16.5. The standard InChI is InChI=1S/C16H31NO3/c1-16(2)14(13-7-6-10-20-15(13)16)17-8-4-5-9-19-12-11-18-3/h13-15,17H,4-12H2,1-3H3. The summed E-state index contributed by atoms with van der Waals surface area (Å²) in [6.07, 6.45) is 5.33. The fourth-order valence-electron chi connectivity index (χ4n) is 3.77. The molecule has 2 fully saturated rings. The van der Waals surface area contributed by atoms with Gasteiger partial charge in [0.2, 0.25) is 0 Å². The lowest BCUT2D eigenvalue weighted by Gasteiger charge is -2.60. The second-order valence-corrected chi connectivity index (χ2v) is 6.66. The van der Waals surface area contributed by atoms with Crippen LogP contribution in [0.5, 0.6) is 0 Å². The average molecular weight is 285 g/mol. The molecule has 4 nitrogen and oxygen atoms in total. The highest BCUT2D eigenvalue weighted by Gasteiger charge is 2.57. The molecule has 3 unspecified atom stereocenters. The van der Waals surface area contributed by atoms with Crippen LogP contribution in [0.1, 0.15) is 39.5 Å². The first kappa shape index (κ1) is 16.2. The molecule has 2 aliphatic rings. The van der Waals surface area contributed by atoms with Crippen LogP contribution in [0.3, 0.4) is 0 Å². The van der Waals surface area contributed by atoms with Crippen LogP contribution in [-0.2, 0) is 14.2 Å². The number of unbranched alkanes of at least 4 members (excludes halogenated alkanes) is 1. The van der Waals surface area contributed by atoms with Gasteiger partial charge in [-0.2, -0.15) is 0 Å². The van der Waals surface area contributed by atoms with E-state index >= 15 is 0 Å². The third-order valence-corrected chi connectivity index (χ3v) is 4.84. The molecule has 3 atom stereocenters. The molecule has 0 aromatic rings. The lowest BCUT2D eigenvalue weighted by Crippen LogP contribution is -2.69. The lowest BCUT2D eigenvalue weighted by atomic mass is 9.55. The van der Waals surface area contributed by atoms with Crippen LogP contribution >= 0.6 is 0 Å². The van der Waals surface area contributed by atoms with Crippen LogP contribution in [-0.4, -0.2) is 52.2 Å². The van der Waals surface area contributed by atoms with E-state index in [1.165, 1.54) is 19.3 Å². The fourth-order valence-corrected chi connectivity index (χ4v) is 3.77. The van der Waals surface area contributed by atoms with Crippen molar-refractivity contribution in [2.75, 3.05) is 40.1 Å². The van der Waals surface area contributed by atoms with Gasteiger partial charge in [0.15, 0.2) is 0 Å². The maximum absolute atomic E-state index is 5.93. The fraction of sp³-hybridized carbons (Fsp3) is 1.00. The number of rotatable bonds is 9. The lowest BCUT2D eigenvalue weighted by molar-refractivity contribution is -0.192. The van der Waals surface area contributed by atoms with E-state index in [2.05, 4.69) is 19.2 Å². The summed E-state index contributed by atoms with van der Waals surface area (Å²) >= 11 is 0. The molecule has 0 aromatic carbocycles. The predicted molar refractivity (Wildman–Crippen MR) is 80.0 cm³/mol. The topological polar surface area (TPSA) is 39.7 Å². The monoisotopic (exact) mass is 285 g/mol. The zero-order chi connectivity index (χ0) is 14.4. The van der Waals surface area contributed by atoms with E-state index in [0.717, 1.165) is 32.1 Å². The molecule has 118 valence electrons. The summed E-state index contributed by atoms with van der Waals surface area (Å²) in [7, 11) is 1.70. The largest absolute Gasteiger partial charge is 0.382 e. The van der Waals surface area contributed by atoms with Crippen LogP contribution in [0.15, 0.2) is 0 Å². The van der Waals surface area contributed by atoms with Crippen molar-refractivity contribution in [3.63, 3.8) is 0 Å². The number of ether oxygens (including phenoxy) is 3. The van der Waals surface area contributed by atoms with Gasteiger partial charge < -0.3 is 19.5 Å². The van der Waals surface area contributed by atoms with E-state index in [1.54, 1.807) is 7.11 Å². The van der Waals surface area contributed by atoms with Crippen LogP contribution in [0.4, 0.5) is 0 Å². The Morgan fingerprint density at radius 2 is 2.05 bits per heavy atom. The minimum absolute atomic E-state index is 0.292. The van der Waals surface area contributed by atoms with Crippen LogP contribution in [0, 0.1) is 11.3 Å². The molecule has 0 radical (unpaired) electrons. The molecule has 1 saturated carbocycles. The Labute approximate surface area is 123 Å². The molecule has 2 rings (SSSR count). The molecule has 0 aromatic heterocycles. The van der Waals surface area contributed by atoms with E-state index in [0.29, 0.717) is 30.8 Å². The Balaban J connectivity index is 1.55. The van der Waals surface area contributed by atoms with Crippen LogP contribution in [0.2, 0.25) is 0 Å². The zero-order valence-corrected chi connectivity index (χ0v) is 13.3. The molecule has 1 heterocycles. The molecular weight excluding hydrogens is 254 g/mol. The Morgan fingerprint density at radius 3 is 2.85 bits per heavy atom. The van der Waals surface area contributed by atoms with Gasteiger partial charge in [-0.05, 0) is 32.2 Å². The summed E-state index contributed by atoms with van der Waals surface area (Å²) < 4.78 is 16.4. The highest BCUT2D eigenvalue weighted by Crippen LogP contribution is 2.51. The SMILES string of the molecule is COCCOCCCCNC1C2CCCOC2C1(C)C. The molecule has 1 aliphatic carbocycles. The van der Waals surface area contributed by atoms with Crippen molar-refractivity contribution in [3.05, 3.63) is 0 Å². The first-order valence-corrected chi connectivity index (χ1v) is 8.09. The van der Waals surface area contributed by atoms with Gasteiger partial charge in [0.25, 0.3) is 0 Å². The number of fused-ring (bicyclic) bond motifs is 1. The smallest absolute Gasteiger partial charge is 0.0700 e. The van der Waals surface area contributed by atoms with Crippen LogP contribution < -0.4 is 5.32 Å². The minimum Gasteiger partial charge on any atom is -0.382 e. The van der Waals surface area contributed by atoms with Gasteiger partial charge in [-0.1, -0.05) is 13.8 Å². The first-order chi connectivity index (χ1) is 9.68. The Bertz CT molecular complexity index is 283. The second kappa shape index (κ2) is 7.74. The quantitative estimate of drug-likeness (QED) is 0.659. The molecule has 0 spiro atoms. The molecule has 4 heteroatoms. The van der Waals surface area contributed by atoms with Crippen molar-refractivity contribution in [2.24, 2.45) is 11.3 Å². The zero-order valence-electron chi connectivity index (χ0n) is 13.3. The van der Waals surface area contributed by atoms with E-state index in [-0.39, 0.29) is 0 Å². The summed E-state index contributed by atoms with van der Waals surface area (Å²) in [6.45, 7) is 8.96. The van der Waals surface area contributed by atoms with Gasteiger partial charge in [-0.25, -0.2) is 0 Å². The molecule has 0 bridgehead atoms. The second-order valence-electron chi connectivity index (χ2n) is 6.66. The number of methoxy groups -OCH3 is 1. The maximum atomic E-state index is 5.93. The minimum atomic E-state index is 0.292. The molecule has 0 amide bonds. The third kappa shape index (κ3) is 3.73. The van der Waals surface area contributed by atoms with Gasteiger partial charge in [-0.3, -0.25) is 0 Å². The van der Waals surface area contributed by atoms with Gasteiger partial charge in [0, 0.05) is 37.7 Å². The molecule has 1 N–H and O–H groups in total. The van der Waals surface area contributed by atoms with Crippen LogP contribution in [0.25, 0.3) is 0 Å². The number of hydrogen-bond acceptors (Lipinski definition) is 4. The normalized spacial score (nSPS) is 31.6. The maximum Gasteiger partial charge on any atom is 0.0700 e. The summed E-state index contributed by atoms with van der Waals surface area (Å²) in [5.41, 5.74) is 0.292. The van der Waals surface area contributed by atoms with Gasteiger partial charge in [0.05, 0.1) is 19.3 Å². The van der Waals surface area contributed by atoms with Gasteiger partial charge in [0.1, 0.15) is 0 Å². The number of hydrogen-bond donors (Lipinski definition) is 1.